The first-order valence-electron chi connectivity index (χ1n) is 7.04. The van der Waals surface area contributed by atoms with Crippen LogP contribution in [0.2, 0.25) is 0 Å². The van der Waals surface area contributed by atoms with E-state index in [9.17, 15) is 0 Å². The average Bonchev–Trinajstić information content (AvgIpc) is 2.96. The number of benzene rings is 1. The highest BCUT2D eigenvalue weighted by Crippen LogP contribution is 2.28. The number of nitrogens with one attached hydrogen (secondary N) is 1. The van der Waals surface area contributed by atoms with Gasteiger partial charge in [-0.25, -0.2) is 0 Å². The van der Waals surface area contributed by atoms with Crippen LogP contribution < -0.4 is 10.1 Å². The third-order valence-corrected chi connectivity index (χ3v) is 4.08. The predicted molar refractivity (Wildman–Crippen MR) is 83.2 cm³/mol. The Hall–Kier alpha value is -1.46. The van der Waals surface area contributed by atoms with E-state index in [0.29, 0.717) is 6.61 Å². The van der Waals surface area contributed by atoms with Gasteiger partial charge in [0, 0.05) is 5.56 Å². The molecule has 5 heteroatoms. The van der Waals surface area contributed by atoms with E-state index < -0.39 is 0 Å². The van der Waals surface area contributed by atoms with E-state index in [1.54, 1.807) is 11.3 Å². The number of hydrogen-bond acceptors (Lipinski definition) is 5. The van der Waals surface area contributed by atoms with Crippen molar-refractivity contribution in [2.75, 3.05) is 13.2 Å². The fourth-order valence-electron chi connectivity index (χ4n) is 1.83. The number of nitrogens with zero attached hydrogens (tertiary/aromatic N) is 2. The third kappa shape index (κ3) is 3.77. The van der Waals surface area contributed by atoms with Crippen molar-refractivity contribution in [3.05, 3.63) is 29.3 Å². The minimum Gasteiger partial charge on any atom is -0.494 e. The summed E-state index contributed by atoms with van der Waals surface area (Å²) in [5, 5.41) is 14.0. The van der Waals surface area contributed by atoms with Crippen molar-refractivity contribution in [1.29, 1.82) is 0 Å². The first-order chi connectivity index (χ1) is 9.74. The third-order valence-electron chi connectivity index (χ3n) is 2.92. The average molecular weight is 291 g/mol. The Bertz CT molecular complexity index is 524. The number of hydrogen-bond donors (Lipinski definition) is 1. The van der Waals surface area contributed by atoms with Gasteiger partial charge in [0.1, 0.15) is 15.8 Å². The Balaban J connectivity index is 2.07. The van der Waals surface area contributed by atoms with E-state index in [4.69, 9.17) is 4.74 Å². The highest BCUT2D eigenvalue weighted by atomic mass is 32.1. The molecule has 0 radical (unpaired) electrons. The van der Waals surface area contributed by atoms with E-state index in [2.05, 4.69) is 29.4 Å². The lowest BCUT2D eigenvalue weighted by Gasteiger charge is -2.08. The zero-order valence-corrected chi connectivity index (χ0v) is 13.0. The van der Waals surface area contributed by atoms with Gasteiger partial charge in [-0.1, -0.05) is 18.3 Å². The molecule has 1 atom stereocenters. The maximum atomic E-state index is 5.44. The van der Waals surface area contributed by atoms with Crippen LogP contribution in [0.5, 0.6) is 5.75 Å². The second-order valence-electron chi connectivity index (χ2n) is 4.58. The molecule has 2 aromatic rings. The van der Waals surface area contributed by atoms with Crippen LogP contribution in [-0.2, 0) is 0 Å². The number of aromatic nitrogens is 2. The van der Waals surface area contributed by atoms with Crippen molar-refractivity contribution in [2.24, 2.45) is 0 Å². The molecule has 0 saturated carbocycles. The summed E-state index contributed by atoms with van der Waals surface area (Å²) >= 11 is 1.64. The van der Waals surface area contributed by atoms with Gasteiger partial charge >= 0.3 is 0 Å². The predicted octanol–water partition coefficient (Wildman–Crippen LogP) is 3.66. The maximum Gasteiger partial charge on any atom is 0.147 e. The Labute approximate surface area is 124 Å². The number of rotatable bonds is 7. The minimum atomic E-state index is 0.254. The summed E-state index contributed by atoms with van der Waals surface area (Å²) in [6.45, 7) is 7.95. The fourth-order valence-corrected chi connectivity index (χ4v) is 2.71. The summed E-state index contributed by atoms with van der Waals surface area (Å²) in [5.74, 6) is 0.888. The van der Waals surface area contributed by atoms with E-state index in [1.165, 1.54) is 0 Å². The Morgan fingerprint density at radius 3 is 2.60 bits per heavy atom. The molecule has 1 N–H and O–H groups in total. The molecule has 108 valence electrons. The molecule has 0 spiro atoms. The van der Waals surface area contributed by atoms with Crippen LogP contribution in [0.25, 0.3) is 10.6 Å². The smallest absolute Gasteiger partial charge is 0.147 e. The van der Waals surface area contributed by atoms with Gasteiger partial charge in [0.2, 0.25) is 0 Å². The molecule has 0 bridgehead atoms. The molecule has 0 saturated heterocycles. The van der Waals surface area contributed by atoms with E-state index in [0.717, 1.165) is 34.3 Å². The highest BCUT2D eigenvalue weighted by molar-refractivity contribution is 7.14. The van der Waals surface area contributed by atoms with Crippen LogP contribution in [0.3, 0.4) is 0 Å². The van der Waals surface area contributed by atoms with Crippen LogP contribution in [0.1, 0.15) is 38.2 Å². The van der Waals surface area contributed by atoms with E-state index >= 15 is 0 Å². The second kappa shape index (κ2) is 7.36. The molecule has 0 aliphatic rings. The van der Waals surface area contributed by atoms with Crippen molar-refractivity contribution in [3.63, 3.8) is 0 Å². The molecule has 4 nitrogen and oxygen atoms in total. The molecule has 1 unspecified atom stereocenters. The van der Waals surface area contributed by atoms with Crippen molar-refractivity contribution in [2.45, 2.75) is 33.2 Å². The second-order valence-corrected chi connectivity index (χ2v) is 5.59. The molecular formula is C15H21N3OS. The molecule has 1 aromatic carbocycles. The van der Waals surface area contributed by atoms with Gasteiger partial charge in [-0.3, -0.25) is 0 Å². The van der Waals surface area contributed by atoms with Gasteiger partial charge in [-0.15, -0.1) is 10.2 Å². The molecule has 1 heterocycles. The molecule has 0 amide bonds. The van der Waals surface area contributed by atoms with Gasteiger partial charge in [-0.05, 0) is 51.1 Å². The first kappa shape index (κ1) is 14.9. The van der Waals surface area contributed by atoms with Gasteiger partial charge in [0.25, 0.3) is 0 Å². The van der Waals surface area contributed by atoms with Crippen LogP contribution in [0, 0.1) is 0 Å². The SMILES string of the molecule is CCCNC(C)c1nnc(-c2ccc(OCC)cc2)s1. The first-order valence-corrected chi connectivity index (χ1v) is 7.86. The summed E-state index contributed by atoms with van der Waals surface area (Å²) < 4.78 is 5.44. The maximum absolute atomic E-state index is 5.44. The lowest BCUT2D eigenvalue weighted by molar-refractivity contribution is 0.340. The lowest BCUT2D eigenvalue weighted by Crippen LogP contribution is -2.18. The highest BCUT2D eigenvalue weighted by Gasteiger charge is 2.12. The summed E-state index contributed by atoms with van der Waals surface area (Å²) in [7, 11) is 0. The summed E-state index contributed by atoms with van der Waals surface area (Å²) in [6.07, 6.45) is 1.12. The molecule has 0 aliphatic carbocycles. The van der Waals surface area contributed by atoms with Gasteiger partial charge in [0.15, 0.2) is 0 Å². The van der Waals surface area contributed by atoms with Gasteiger partial charge in [-0.2, -0.15) is 0 Å². The normalized spacial score (nSPS) is 12.3. The van der Waals surface area contributed by atoms with Gasteiger partial charge in [0.05, 0.1) is 12.6 Å². The zero-order valence-electron chi connectivity index (χ0n) is 12.2. The van der Waals surface area contributed by atoms with E-state index in [-0.39, 0.29) is 6.04 Å². The molecule has 0 aliphatic heterocycles. The molecule has 0 fully saturated rings. The Morgan fingerprint density at radius 1 is 1.20 bits per heavy atom. The fraction of sp³-hybridized carbons (Fsp3) is 0.467. The molecule has 1 aromatic heterocycles. The van der Waals surface area contributed by atoms with Gasteiger partial charge < -0.3 is 10.1 Å². The standard InChI is InChI=1S/C15H21N3OS/c1-4-10-16-11(3)14-17-18-15(20-14)12-6-8-13(9-7-12)19-5-2/h6-9,11,16H,4-5,10H2,1-3H3. The lowest BCUT2D eigenvalue weighted by atomic mass is 10.2. The zero-order chi connectivity index (χ0) is 14.4. The van der Waals surface area contributed by atoms with Crippen molar-refractivity contribution in [3.8, 4) is 16.3 Å². The monoisotopic (exact) mass is 291 g/mol. The Kier molecular flexibility index (Phi) is 5.49. The van der Waals surface area contributed by atoms with Crippen LogP contribution >= 0.6 is 11.3 Å². The molecule has 20 heavy (non-hydrogen) atoms. The van der Waals surface area contributed by atoms with Crippen LogP contribution in [0.4, 0.5) is 0 Å². The number of ether oxygens (including phenoxy) is 1. The van der Waals surface area contributed by atoms with Crippen LogP contribution in [-0.4, -0.2) is 23.3 Å². The topological polar surface area (TPSA) is 47.0 Å². The Morgan fingerprint density at radius 2 is 1.95 bits per heavy atom. The van der Waals surface area contributed by atoms with Crippen molar-refractivity contribution in [1.82, 2.24) is 15.5 Å². The molecule has 2 rings (SSSR count). The quantitative estimate of drug-likeness (QED) is 0.845. The van der Waals surface area contributed by atoms with Crippen molar-refractivity contribution < 1.29 is 4.74 Å². The van der Waals surface area contributed by atoms with Crippen molar-refractivity contribution >= 4 is 11.3 Å². The molecular weight excluding hydrogens is 270 g/mol. The van der Waals surface area contributed by atoms with Crippen LogP contribution in [0.15, 0.2) is 24.3 Å². The summed E-state index contributed by atoms with van der Waals surface area (Å²) in [5.41, 5.74) is 1.08. The largest absolute Gasteiger partial charge is 0.494 e. The van der Waals surface area contributed by atoms with E-state index in [1.807, 2.05) is 31.2 Å². The summed E-state index contributed by atoms with van der Waals surface area (Å²) in [6, 6.07) is 8.25. The summed E-state index contributed by atoms with van der Waals surface area (Å²) in [4.78, 5) is 0. The minimum absolute atomic E-state index is 0.254.